The Kier molecular flexibility index (Phi) is 5.71. The van der Waals surface area contributed by atoms with Gasteiger partial charge in [0.05, 0.1) is 7.11 Å². The first kappa shape index (κ1) is 17.5. The maximum Gasteiger partial charge on any atom is 0.251 e. The lowest BCUT2D eigenvalue weighted by Gasteiger charge is -2.15. The van der Waals surface area contributed by atoms with Crippen LogP contribution < -0.4 is 10.1 Å². The summed E-state index contributed by atoms with van der Waals surface area (Å²) in [4.78, 5) is 14.9. The second-order valence-electron chi connectivity index (χ2n) is 6.67. The van der Waals surface area contributed by atoms with E-state index in [0.717, 1.165) is 23.4 Å². The van der Waals surface area contributed by atoms with Crippen molar-refractivity contribution in [1.82, 2.24) is 10.2 Å². The van der Waals surface area contributed by atoms with Crippen molar-refractivity contribution >= 4 is 5.91 Å². The molecule has 0 atom stereocenters. The molecule has 25 heavy (non-hydrogen) atoms. The first-order valence-corrected chi connectivity index (χ1v) is 8.89. The minimum Gasteiger partial charge on any atom is -0.496 e. The van der Waals surface area contributed by atoms with E-state index in [1.807, 2.05) is 19.1 Å². The van der Waals surface area contributed by atoms with Crippen LogP contribution in [0.4, 0.5) is 0 Å². The molecule has 2 aromatic rings. The third-order valence-corrected chi connectivity index (χ3v) is 4.71. The van der Waals surface area contributed by atoms with Crippen LogP contribution >= 0.6 is 0 Å². The van der Waals surface area contributed by atoms with Gasteiger partial charge in [0.1, 0.15) is 5.75 Å². The van der Waals surface area contributed by atoms with Crippen molar-refractivity contribution in [2.45, 2.75) is 32.9 Å². The summed E-state index contributed by atoms with van der Waals surface area (Å²) >= 11 is 0. The molecule has 2 aromatic carbocycles. The normalized spacial score (nSPS) is 14.5. The van der Waals surface area contributed by atoms with E-state index in [1.165, 1.54) is 31.5 Å². The molecular formula is C21H26N2O2. The Hall–Kier alpha value is -2.33. The van der Waals surface area contributed by atoms with Gasteiger partial charge in [-0.3, -0.25) is 9.69 Å². The van der Waals surface area contributed by atoms with Crippen molar-refractivity contribution < 1.29 is 9.53 Å². The van der Waals surface area contributed by atoms with Crippen LogP contribution in [-0.2, 0) is 13.1 Å². The highest BCUT2D eigenvalue weighted by Gasteiger charge is 2.12. The fraction of sp³-hybridized carbons (Fsp3) is 0.381. The second-order valence-corrected chi connectivity index (χ2v) is 6.67. The fourth-order valence-corrected chi connectivity index (χ4v) is 3.34. The van der Waals surface area contributed by atoms with Crippen molar-refractivity contribution in [2.24, 2.45) is 0 Å². The van der Waals surface area contributed by atoms with E-state index < -0.39 is 0 Å². The predicted molar refractivity (Wildman–Crippen MR) is 99.9 cm³/mol. The van der Waals surface area contributed by atoms with Crippen molar-refractivity contribution in [2.75, 3.05) is 20.2 Å². The van der Waals surface area contributed by atoms with Crippen LogP contribution in [0.2, 0.25) is 0 Å². The van der Waals surface area contributed by atoms with Crippen LogP contribution in [0.1, 0.15) is 39.9 Å². The van der Waals surface area contributed by atoms with Crippen LogP contribution in [0.5, 0.6) is 5.75 Å². The molecule has 4 heteroatoms. The zero-order valence-corrected chi connectivity index (χ0v) is 15.0. The number of aryl methyl sites for hydroxylation is 1. The van der Waals surface area contributed by atoms with Crippen LogP contribution in [0.3, 0.4) is 0 Å². The molecule has 0 aromatic heterocycles. The third kappa shape index (κ3) is 4.60. The summed E-state index contributed by atoms with van der Waals surface area (Å²) in [6, 6.07) is 14.0. The van der Waals surface area contributed by atoms with E-state index in [-0.39, 0.29) is 5.91 Å². The van der Waals surface area contributed by atoms with Gasteiger partial charge in [-0.1, -0.05) is 24.3 Å². The summed E-state index contributed by atoms with van der Waals surface area (Å²) in [5.41, 5.74) is 4.07. The Morgan fingerprint density at radius 1 is 1.12 bits per heavy atom. The molecule has 0 spiro atoms. The van der Waals surface area contributed by atoms with Crippen LogP contribution in [0, 0.1) is 6.92 Å². The highest BCUT2D eigenvalue weighted by molar-refractivity contribution is 5.94. The number of carbonyl (C=O) groups excluding carboxylic acids is 1. The monoisotopic (exact) mass is 338 g/mol. The lowest BCUT2D eigenvalue weighted by Crippen LogP contribution is -2.23. The molecular weight excluding hydrogens is 312 g/mol. The summed E-state index contributed by atoms with van der Waals surface area (Å²) in [6.07, 6.45) is 2.61. The summed E-state index contributed by atoms with van der Waals surface area (Å²) in [7, 11) is 1.64. The smallest absolute Gasteiger partial charge is 0.251 e. The first-order chi connectivity index (χ1) is 12.2. The Morgan fingerprint density at radius 3 is 2.60 bits per heavy atom. The molecule has 0 saturated carbocycles. The molecule has 0 bridgehead atoms. The van der Waals surface area contributed by atoms with Gasteiger partial charge in [-0.2, -0.15) is 0 Å². The Labute approximate surface area is 149 Å². The molecule has 1 amide bonds. The molecule has 1 aliphatic rings. The average molecular weight is 338 g/mol. The Morgan fingerprint density at radius 2 is 1.88 bits per heavy atom. The summed E-state index contributed by atoms with van der Waals surface area (Å²) < 4.78 is 5.24. The van der Waals surface area contributed by atoms with Gasteiger partial charge in [0.15, 0.2) is 0 Å². The predicted octanol–water partition coefficient (Wildman–Crippen LogP) is 3.53. The van der Waals surface area contributed by atoms with Crippen molar-refractivity contribution in [3.63, 3.8) is 0 Å². The lowest BCUT2D eigenvalue weighted by molar-refractivity contribution is 0.0951. The summed E-state index contributed by atoms with van der Waals surface area (Å²) in [5.74, 6) is 0.738. The average Bonchev–Trinajstić information content (AvgIpc) is 3.13. The largest absolute Gasteiger partial charge is 0.496 e. The molecule has 1 N–H and O–H groups in total. The van der Waals surface area contributed by atoms with E-state index in [2.05, 4.69) is 34.5 Å². The molecule has 132 valence electrons. The number of hydrogen-bond donors (Lipinski definition) is 1. The van der Waals surface area contributed by atoms with E-state index in [9.17, 15) is 4.79 Å². The van der Waals surface area contributed by atoms with Gasteiger partial charge in [0.25, 0.3) is 5.91 Å². The maximum absolute atomic E-state index is 12.4. The van der Waals surface area contributed by atoms with Gasteiger partial charge in [0.2, 0.25) is 0 Å². The molecule has 4 nitrogen and oxygen atoms in total. The minimum absolute atomic E-state index is 0.0595. The third-order valence-electron chi connectivity index (χ3n) is 4.71. The van der Waals surface area contributed by atoms with Gasteiger partial charge in [-0.05, 0) is 67.7 Å². The lowest BCUT2D eigenvalue weighted by atomic mass is 10.1. The molecule has 1 heterocycles. The highest BCUT2D eigenvalue weighted by Crippen LogP contribution is 2.18. The van der Waals surface area contributed by atoms with Gasteiger partial charge in [-0.25, -0.2) is 0 Å². The molecule has 1 saturated heterocycles. The van der Waals surface area contributed by atoms with Crippen molar-refractivity contribution in [1.29, 1.82) is 0 Å². The molecule has 0 unspecified atom stereocenters. The van der Waals surface area contributed by atoms with Crippen LogP contribution in [-0.4, -0.2) is 31.0 Å². The molecule has 1 aliphatic heterocycles. The number of hydrogen-bond acceptors (Lipinski definition) is 3. The number of ether oxygens (including phenoxy) is 1. The summed E-state index contributed by atoms with van der Waals surface area (Å²) in [5, 5.41) is 3.01. The zero-order chi connectivity index (χ0) is 17.6. The number of likely N-dealkylation sites (tertiary alicyclic amines) is 1. The second kappa shape index (κ2) is 8.17. The van der Waals surface area contributed by atoms with Crippen LogP contribution in [0.15, 0.2) is 42.5 Å². The number of nitrogens with one attached hydrogen (secondary N) is 1. The number of methoxy groups -OCH3 is 1. The number of carbonyl (C=O) groups is 1. The van der Waals surface area contributed by atoms with Gasteiger partial charge >= 0.3 is 0 Å². The van der Waals surface area contributed by atoms with Gasteiger partial charge in [-0.15, -0.1) is 0 Å². The Balaban J connectivity index is 1.59. The van der Waals surface area contributed by atoms with E-state index in [1.54, 1.807) is 13.2 Å². The van der Waals surface area contributed by atoms with Crippen molar-refractivity contribution in [3.8, 4) is 5.75 Å². The van der Waals surface area contributed by atoms with Crippen LogP contribution in [0.25, 0.3) is 0 Å². The number of rotatable bonds is 6. The van der Waals surface area contributed by atoms with Gasteiger partial charge < -0.3 is 10.1 Å². The fourth-order valence-electron chi connectivity index (χ4n) is 3.34. The molecule has 3 rings (SSSR count). The maximum atomic E-state index is 12.4. The van der Waals surface area contributed by atoms with E-state index in [4.69, 9.17) is 4.74 Å². The van der Waals surface area contributed by atoms with E-state index in [0.29, 0.717) is 12.1 Å². The number of amides is 1. The zero-order valence-electron chi connectivity index (χ0n) is 15.0. The van der Waals surface area contributed by atoms with Crippen molar-refractivity contribution in [3.05, 3.63) is 64.7 Å². The number of nitrogens with zero attached hydrogens (tertiary/aromatic N) is 1. The Bertz CT molecular complexity index is 736. The molecule has 0 aliphatic carbocycles. The molecule has 1 fully saturated rings. The first-order valence-electron chi connectivity index (χ1n) is 8.89. The summed E-state index contributed by atoms with van der Waals surface area (Å²) in [6.45, 7) is 5.87. The van der Waals surface area contributed by atoms with E-state index >= 15 is 0 Å². The quantitative estimate of drug-likeness (QED) is 0.876. The standard InChI is InChI=1S/C21H26N2O2/c1-16-12-19(8-9-20(16)25-2)21(24)22-14-17-6-5-7-18(13-17)15-23-10-3-4-11-23/h5-9,12-13H,3-4,10-11,14-15H2,1-2H3,(H,22,24). The topological polar surface area (TPSA) is 41.6 Å². The highest BCUT2D eigenvalue weighted by atomic mass is 16.5. The van der Waals surface area contributed by atoms with Gasteiger partial charge in [0, 0.05) is 18.7 Å². The SMILES string of the molecule is COc1ccc(C(=O)NCc2cccc(CN3CCCC3)c2)cc1C. The minimum atomic E-state index is -0.0595. The number of benzene rings is 2. The molecule has 0 radical (unpaired) electrons.